The van der Waals surface area contributed by atoms with Gasteiger partial charge in [-0.2, -0.15) is 5.26 Å². The van der Waals surface area contributed by atoms with Crippen molar-refractivity contribution in [3.63, 3.8) is 0 Å². The molecule has 0 aromatic heterocycles. The molecule has 0 bridgehead atoms. The number of hydrogen-bond donors (Lipinski definition) is 1. The fourth-order valence-electron chi connectivity index (χ4n) is 3.22. The summed E-state index contributed by atoms with van der Waals surface area (Å²) in [7, 11) is 0. The Morgan fingerprint density at radius 2 is 2.08 bits per heavy atom. The van der Waals surface area contributed by atoms with Crippen LogP contribution in [0.1, 0.15) is 30.7 Å². The number of Topliss-reactive ketones (excluding diaryl/α,β-unsaturated/α-hetero) is 1. The first-order valence-electron chi connectivity index (χ1n) is 8.04. The summed E-state index contributed by atoms with van der Waals surface area (Å²) in [5, 5.41) is 9.64. The Labute approximate surface area is 179 Å². The van der Waals surface area contributed by atoms with Crippen LogP contribution in [0.15, 0.2) is 47.6 Å². The van der Waals surface area contributed by atoms with Gasteiger partial charge in [0.25, 0.3) is 0 Å². The van der Waals surface area contributed by atoms with Crippen LogP contribution in [0, 0.1) is 18.5 Å². The molecule has 26 heavy (non-hydrogen) atoms. The predicted molar refractivity (Wildman–Crippen MR) is 114 cm³/mol. The van der Waals surface area contributed by atoms with E-state index in [1.54, 1.807) is 6.08 Å². The van der Waals surface area contributed by atoms with Crippen LogP contribution in [0.25, 0.3) is 0 Å². The molecule has 1 unspecified atom stereocenters. The number of ether oxygens (including phenoxy) is 2. The number of carbonyl (C=O) groups is 1. The zero-order valence-electron chi connectivity index (χ0n) is 13.9. The van der Waals surface area contributed by atoms with Gasteiger partial charge in [-0.3, -0.25) is 4.79 Å². The molecule has 1 heterocycles. The Bertz CT molecular complexity index is 874. The van der Waals surface area contributed by atoms with Gasteiger partial charge in [0.2, 0.25) is 5.88 Å². The van der Waals surface area contributed by atoms with E-state index >= 15 is 0 Å². The van der Waals surface area contributed by atoms with E-state index in [0.717, 1.165) is 24.9 Å². The van der Waals surface area contributed by atoms with E-state index in [1.807, 2.05) is 12.1 Å². The molecule has 134 valence electrons. The van der Waals surface area contributed by atoms with Crippen LogP contribution in [0.5, 0.6) is 5.75 Å². The molecule has 0 saturated carbocycles. The normalized spacial score (nSPS) is 19.6. The zero-order chi connectivity index (χ0) is 18.8. The van der Waals surface area contributed by atoms with Crippen molar-refractivity contribution >= 4 is 51.0 Å². The molecular weight excluding hydrogens is 558 g/mol. The maximum atomic E-state index is 12.6. The Morgan fingerprint density at radius 1 is 1.38 bits per heavy atom. The van der Waals surface area contributed by atoms with E-state index in [1.165, 1.54) is 0 Å². The van der Waals surface area contributed by atoms with E-state index < -0.39 is 5.92 Å². The van der Waals surface area contributed by atoms with Crippen molar-refractivity contribution in [3.8, 4) is 11.8 Å². The maximum absolute atomic E-state index is 12.6. The highest BCUT2D eigenvalue weighted by Gasteiger charge is 2.38. The van der Waals surface area contributed by atoms with Gasteiger partial charge in [-0.15, -0.1) is 0 Å². The van der Waals surface area contributed by atoms with Gasteiger partial charge in [-0.05, 0) is 69.3 Å². The zero-order valence-corrected chi connectivity index (χ0v) is 18.2. The molecule has 1 aromatic rings. The van der Waals surface area contributed by atoms with E-state index in [0.29, 0.717) is 30.8 Å². The van der Waals surface area contributed by atoms with Crippen molar-refractivity contribution in [2.24, 2.45) is 5.73 Å². The van der Waals surface area contributed by atoms with Crippen LogP contribution in [-0.2, 0) is 9.53 Å². The van der Waals surface area contributed by atoms with Gasteiger partial charge in [0.05, 0.1) is 13.1 Å². The Hall–Kier alpha value is -1.54. The monoisotopic (exact) mass is 574 g/mol. The lowest BCUT2D eigenvalue weighted by atomic mass is 9.77. The highest BCUT2D eigenvalue weighted by molar-refractivity contribution is 14.1. The molecule has 0 fully saturated rings. The quantitative estimate of drug-likeness (QED) is 0.429. The van der Waals surface area contributed by atoms with Crippen LogP contribution in [0.3, 0.4) is 0 Å². The minimum Gasteiger partial charge on any atom is -0.487 e. The largest absolute Gasteiger partial charge is 0.487 e. The SMILES string of the molecule is C=CCOc1c(I)cc(C2C(C#N)=C(N)OC3=C2C(=O)CCC3)cc1I. The molecule has 0 amide bonds. The second-order valence-electron chi connectivity index (χ2n) is 5.95. The molecule has 2 aliphatic rings. The van der Waals surface area contributed by atoms with Gasteiger partial charge in [-0.1, -0.05) is 12.7 Å². The second kappa shape index (κ2) is 8.00. The number of allylic oxidation sites excluding steroid dienone is 3. The minimum absolute atomic E-state index is 0.0218. The molecule has 7 heteroatoms. The third-order valence-electron chi connectivity index (χ3n) is 4.30. The van der Waals surface area contributed by atoms with Crippen molar-refractivity contribution in [3.05, 3.63) is 60.3 Å². The molecule has 1 aromatic carbocycles. The molecule has 0 saturated heterocycles. The highest BCUT2D eigenvalue weighted by atomic mass is 127. The average molecular weight is 574 g/mol. The smallest absolute Gasteiger partial charge is 0.205 e. The number of benzene rings is 1. The fourth-order valence-corrected chi connectivity index (χ4v) is 5.34. The van der Waals surface area contributed by atoms with E-state index in [9.17, 15) is 10.1 Å². The number of nitrogens with two attached hydrogens (primary N) is 1. The first-order valence-corrected chi connectivity index (χ1v) is 10.2. The van der Waals surface area contributed by atoms with Gasteiger partial charge >= 0.3 is 0 Å². The Balaban J connectivity index is 2.14. The summed E-state index contributed by atoms with van der Waals surface area (Å²) in [5.41, 5.74) is 7.68. The Kier molecular flexibility index (Phi) is 5.92. The number of nitrogens with zero attached hydrogens (tertiary/aromatic N) is 1. The lowest BCUT2D eigenvalue weighted by molar-refractivity contribution is -0.116. The predicted octanol–water partition coefficient (Wildman–Crippen LogP) is 4.28. The van der Waals surface area contributed by atoms with E-state index in [4.69, 9.17) is 15.2 Å². The van der Waals surface area contributed by atoms with Gasteiger partial charge in [0.1, 0.15) is 29.8 Å². The molecule has 0 spiro atoms. The summed E-state index contributed by atoms with van der Waals surface area (Å²) in [5.74, 6) is 0.977. The molecule has 5 nitrogen and oxygen atoms in total. The number of hydrogen-bond acceptors (Lipinski definition) is 5. The summed E-state index contributed by atoms with van der Waals surface area (Å²) in [6, 6.07) is 6.01. The number of carbonyl (C=O) groups excluding carboxylic acids is 1. The van der Waals surface area contributed by atoms with Crippen molar-refractivity contribution in [1.82, 2.24) is 0 Å². The Morgan fingerprint density at radius 3 is 2.69 bits per heavy atom. The number of nitriles is 1. The summed E-state index contributed by atoms with van der Waals surface area (Å²) in [4.78, 5) is 12.6. The number of halogens is 2. The van der Waals surface area contributed by atoms with Crippen molar-refractivity contribution < 1.29 is 14.3 Å². The standard InChI is InChI=1S/C19H16I2N2O3/c1-2-6-25-18-12(20)7-10(8-13(18)21)16-11(9-22)19(23)26-15-5-3-4-14(24)17(15)16/h2,7-8,16H,1,3-6,23H2. The lowest BCUT2D eigenvalue weighted by Crippen LogP contribution is -2.27. The first kappa shape index (κ1) is 19.2. The van der Waals surface area contributed by atoms with Crippen molar-refractivity contribution in [2.75, 3.05) is 6.61 Å². The van der Waals surface area contributed by atoms with Crippen LogP contribution >= 0.6 is 45.2 Å². The van der Waals surface area contributed by atoms with Gasteiger partial charge in [0, 0.05) is 18.4 Å². The van der Waals surface area contributed by atoms with Crippen LogP contribution < -0.4 is 10.5 Å². The highest BCUT2D eigenvalue weighted by Crippen LogP contribution is 2.45. The summed E-state index contributed by atoms with van der Waals surface area (Å²) in [6.45, 7) is 4.07. The summed E-state index contributed by atoms with van der Waals surface area (Å²) < 4.78 is 13.1. The summed E-state index contributed by atoms with van der Waals surface area (Å²) >= 11 is 4.40. The molecule has 1 aliphatic carbocycles. The van der Waals surface area contributed by atoms with E-state index in [2.05, 4.69) is 57.8 Å². The minimum atomic E-state index is -0.493. The van der Waals surface area contributed by atoms with Gasteiger partial charge in [0.15, 0.2) is 5.78 Å². The molecule has 0 radical (unpaired) electrons. The third kappa shape index (κ3) is 3.49. The average Bonchev–Trinajstić information content (AvgIpc) is 2.60. The maximum Gasteiger partial charge on any atom is 0.205 e. The van der Waals surface area contributed by atoms with Crippen molar-refractivity contribution in [2.45, 2.75) is 25.2 Å². The molecular formula is C19H16I2N2O3. The van der Waals surface area contributed by atoms with Gasteiger partial charge in [-0.25, -0.2) is 0 Å². The third-order valence-corrected chi connectivity index (χ3v) is 5.91. The molecule has 1 atom stereocenters. The first-order chi connectivity index (χ1) is 12.5. The number of rotatable bonds is 4. The van der Waals surface area contributed by atoms with Crippen molar-refractivity contribution in [1.29, 1.82) is 5.26 Å². The van der Waals surface area contributed by atoms with Crippen LogP contribution in [0.2, 0.25) is 0 Å². The topological polar surface area (TPSA) is 85.3 Å². The fraction of sp³-hybridized carbons (Fsp3) is 0.263. The molecule has 2 N–H and O–H groups in total. The second-order valence-corrected chi connectivity index (χ2v) is 8.28. The molecule has 3 rings (SSSR count). The lowest BCUT2D eigenvalue weighted by Gasteiger charge is -2.31. The molecule has 1 aliphatic heterocycles. The summed E-state index contributed by atoms with van der Waals surface area (Å²) in [6.07, 6.45) is 3.55. The van der Waals surface area contributed by atoms with Gasteiger partial charge < -0.3 is 15.2 Å². The van der Waals surface area contributed by atoms with E-state index in [-0.39, 0.29) is 17.2 Å². The number of ketones is 1. The van der Waals surface area contributed by atoms with Crippen LogP contribution in [0.4, 0.5) is 0 Å². The van der Waals surface area contributed by atoms with Crippen LogP contribution in [-0.4, -0.2) is 12.4 Å².